The molecule has 0 saturated heterocycles. The van der Waals surface area contributed by atoms with Gasteiger partial charge in [0.15, 0.2) is 4.67 Å². The number of halogens is 3. The first-order valence-electron chi connectivity index (χ1n) is 6.52. The highest BCUT2D eigenvalue weighted by Gasteiger charge is 2.17. The van der Waals surface area contributed by atoms with Crippen molar-refractivity contribution in [3.05, 3.63) is 56.6 Å². The van der Waals surface area contributed by atoms with E-state index in [4.69, 9.17) is 4.42 Å². The third-order valence-corrected chi connectivity index (χ3v) is 4.18. The zero-order chi connectivity index (χ0) is 14.5. The molecule has 0 aliphatic rings. The van der Waals surface area contributed by atoms with Crippen LogP contribution < -0.4 is 5.32 Å². The van der Waals surface area contributed by atoms with Gasteiger partial charge in [0.1, 0.15) is 11.6 Å². The fourth-order valence-electron chi connectivity index (χ4n) is 2.01. The van der Waals surface area contributed by atoms with Crippen molar-refractivity contribution in [3.8, 4) is 0 Å². The maximum Gasteiger partial charge on any atom is 0.169 e. The molecule has 1 atom stereocenters. The van der Waals surface area contributed by atoms with E-state index in [9.17, 15) is 4.39 Å². The van der Waals surface area contributed by atoms with Crippen LogP contribution in [0.2, 0.25) is 0 Å². The van der Waals surface area contributed by atoms with Gasteiger partial charge in [0.25, 0.3) is 0 Å². The van der Waals surface area contributed by atoms with Crippen LogP contribution >= 0.6 is 31.9 Å². The van der Waals surface area contributed by atoms with E-state index >= 15 is 0 Å². The lowest BCUT2D eigenvalue weighted by molar-refractivity contribution is 0.399. The highest BCUT2D eigenvalue weighted by molar-refractivity contribution is 9.10. The number of nitrogens with one attached hydrogen (secondary N) is 1. The summed E-state index contributed by atoms with van der Waals surface area (Å²) in [5.41, 5.74) is 1.05. The Morgan fingerprint density at radius 1 is 1.25 bits per heavy atom. The van der Waals surface area contributed by atoms with Crippen LogP contribution in [0, 0.1) is 5.82 Å². The molecule has 0 amide bonds. The number of rotatable bonds is 6. The number of hydrogen-bond acceptors (Lipinski definition) is 2. The number of hydrogen-bond donors (Lipinski definition) is 1. The molecule has 0 radical (unpaired) electrons. The third-order valence-electron chi connectivity index (χ3n) is 3.02. The normalized spacial score (nSPS) is 12.6. The van der Waals surface area contributed by atoms with E-state index in [1.165, 1.54) is 12.1 Å². The van der Waals surface area contributed by atoms with Crippen molar-refractivity contribution in [1.82, 2.24) is 5.32 Å². The summed E-state index contributed by atoms with van der Waals surface area (Å²) in [5.74, 6) is 0.640. The van der Waals surface area contributed by atoms with E-state index in [-0.39, 0.29) is 11.9 Å². The molecule has 0 fully saturated rings. The largest absolute Gasteiger partial charge is 0.453 e. The van der Waals surface area contributed by atoms with E-state index < -0.39 is 0 Å². The molecule has 2 aromatic rings. The van der Waals surface area contributed by atoms with Gasteiger partial charge in [-0.3, -0.25) is 0 Å². The molecule has 2 nitrogen and oxygen atoms in total. The molecule has 1 unspecified atom stereocenters. The van der Waals surface area contributed by atoms with Crippen LogP contribution in [-0.2, 0) is 6.42 Å². The van der Waals surface area contributed by atoms with Crippen molar-refractivity contribution in [3.63, 3.8) is 0 Å². The lowest BCUT2D eigenvalue weighted by Gasteiger charge is -2.17. The molecule has 0 saturated carbocycles. The average Bonchev–Trinajstić information content (AvgIpc) is 2.83. The third kappa shape index (κ3) is 4.17. The van der Waals surface area contributed by atoms with E-state index in [1.54, 1.807) is 6.07 Å². The molecule has 1 heterocycles. The van der Waals surface area contributed by atoms with Gasteiger partial charge in [-0.1, -0.05) is 28.9 Å². The maximum atomic E-state index is 13.1. The minimum absolute atomic E-state index is 0.0722. The van der Waals surface area contributed by atoms with Gasteiger partial charge in [0.2, 0.25) is 0 Å². The van der Waals surface area contributed by atoms with Gasteiger partial charge in [0, 0.05) is 4.47 Å². The SMILES string of the molecule is CCCNC(Cc1ccc(F)cc1Br)c1ccc(Br)o1. The fourth-order valence-corrected chi connectivity index (χ4v) is 2.85. The average molecular weight is 405 g/mol. The van der Waals surface area contributed by atoms with Crippen LogP contribution in [0.4, 0.5) is 4.39 Å². The number of benzene rings is 1. The highest BCUT2D eigenvalue weighted by Crippen LogP contribution is 2.27. The second-order valence-electron chi connectivity index (χ2n) is 4.59. The molecule has 2 rings (SSSR count). The van der Waals surface area contributed by atoms with Crippen LogP contribution in [0.5, 0.6) is 0 Å². The monoisotopic (exact) mass is 403 g/mol. The summed E-state index contributed by atoms with van der Waals surface area (Å²) in [6.07, 6.45) is 1.78. The second-order valence-corrected chi connectivity index (χ2v) is 6.22. The minimum atomic E-state index is -0.237. The molecule has 1 aromatic carbocycles. The maximum absolute atomic E-state index is 13.1. The van der Waals surface area contributed by atoms with Gasteiger partial charge in [-0.2, -0.15) is 0 Å². The van der Waals surface area contributed by atoms with Crippen LogP contribution in [0.15, 0.2) is 43.9 Å². The molecule has 1 N–H and O–H groups in total. The van der Waals surface area contributed by atoms with Crippen molar-refractivity contribution in [1.29, 1.82) is 0 Å². The highest BCUT2D eigenvalue weighted by atomic mass is 79.9. The van der Waals surface area contributed by atoms with Crippen molar-refractivity contribution < 1.29 is 8.81 Å². The summed E-state index contributed by atoms with van der Waals surface area (Å²) >= 11 is 6.74. The molecule has 0 spiro atoms. The van der Waals surface area contributed by atoms with Gasteiger partial charge >= 0.3 is 0 Å². The standard InChI is InChI=1S/C15H16Br2FNO/c1-2-7-19-13(14-5-6-15(17)20-14)8-10-3-4-11(18)9-12(10)16/h3-6,9,13,19H,2,7-8H2,1H3. The Morgan fingerprint density at radius 2 is 2.05 bits per heavy atom. The molecular weight excluding hydrogens is 389 g/mol. The van der Waals surface area contributed by atoms with Gasteiger partial charge in [-0.05, 0) is 65.1 Å². The topological polar surface area (TPSA) is 25.2 Å². The van der Waals surface area contributed by atoms with Crippen molar-refractivity contribution in [2.45, 2.75) is 25.8 Å². The summed E-state index contributed by atoms with van der Waals surface area (Å²) in [5, 5.41) is 3.46. The molecular formula is C15H16Br2FNO. The van der Waals surface area contributed by atoms with E-state index in [2.05, 4.69) is 44.1 Å². The molecule has 1 aromatic heterocycles. The molecule has 20 heavy (non-hydrogen) atoms. The summed E-state index contributed by atoms with van der Waals surface area (Å²) < 4.78 is 20.3. The predicted octanol–water partition coefficient (Wildman–Crippen LogP) is 5.23. The Balaban J connectivity index is 2.18. The summed E-state index contributed by atoms with van der Waals surface area (Å²) in [6.45, 7) is 3.03. The smallest absolute Gasteiger partial charge is 0.169 e. The first-order valence-corrected chi connectivity index (χ1v) is 8.11. The minimum Gasteiger partial charge on any atom is -0.453 e. The predicted molar refractivity (Wildman–Crippen MR) is 85.2 cm³/mol. The van der Waals surface area contributed by atoms with Gasteiger partial charge in [-0.25, -0.2) is 4.39 Å². The summed E-state index contributed by atoms with van der Waals surface area (Å²) in [7, 11) is 0. The second kappa shape index (κ2) is 7.38. The Kier molecular flexibility index (Phi) is 5.81. The molecule has 108 valence electrons. The van der Waals surface area contributed by atoms with Crippen molar-refractivity contribution >= 4 is 31.9 Å². The molecule has 0 aliphatic heterocycles. The van der Waals surface area contributed by atoms with Crippen molar-refractivity contribution in [2.24, 2.45) is 0 Å². The van der Waals surface area contributed by atoms with E-state index in [0.29, 0.717) is 4.67 Å². The van der Waals surface area contributed by atoms with Crippen molar-refractivity contribution in [2.75, 3.05) is 6.54 Å². The molecule has 0 bridgehead atoms. The fraction of sp³-hybridized carbons (Fsp3) is 0.333. The van der Waals surface area contributed by atoms with Crippen LogP contribution in [0.1, 0.15) is 30.7 Å². The van der Waals surface area contributed by atoms with Crippen LogP contribution in [-0.4, -0.2) is 6.54 Å². The van der Waals surface area contributed by atoms with Gasteiger partial charge in [-0.15, -0.1) is 0 Å². The van der Waals surface area contributed by atoms with E-state index in [1.807, 2.05) is 12.1 Å². The summed E-state index contributed by atoms with van der Waals surface area (Å²) in [4.78, 5) is 0. The Bertz CT molecular complexity index is 571. The number of furan rings is 1. The Morgan fingerprint density at radius 3 is 2.65 bits per heavy atom. The first kappa shape index (κ1) is 15.7. The van der Waals surface area contributed by atoms with E-state index in [0.717, 1.165) is 35.2 Å². The molecule has 0 aliphatic carbocycles. The zero-order valence-electron chi connectivity index (χ0n) is 11.1. The quantitative estimate of drug-likeness (QED) is 0.713. The zero-order valence-corrected chi connectivity index (χ0v) is 14.3. The van der Waals surface area contributed by atoms with Crippen LogP contribution in [0.3, 0.4) is 0 Å². The summed E-state index contributed by atoms with van der Waals surface area (Å²) in [6, 6.07) is 8.69. The molecule has 5 heteroatoms. The Hall–Kier alpha value is -0.650. The van der Waals surface area contributed by atoms with Crippen LogP contribution in [0.25, 0.3) is 0 Å². The lowest BCUT2D eigenvalue weighted by atomic mass is 10.0. The lowest BCUT2D eigenvalue weighted by Crippen LogP contribution is -2.23. The Labute approximate surface area is 135 Å². The van der Waals surface area contributed by atoms with Gasteiger partial charge in [0.05, 0.1) is 6.04 Å². The van der Waals surface area contributed by atoms with Gasteiger partial charge < -0.3 is 9.73 Å². The first-order chi connectivity index (χ1) is 9.60.